The molecular formula is C28H30N2O6. The summed E-state index contributed by atoms with van der Waals surface area (Å²) < 4.78 is 16.7. The SMILES string of the molecule is COc1ccnc(C(=O)N[C@H]2CCOC[C@@H](Cc3ccccc3-c3ccccc3)[C@H](C)OC2=O)c1O. The highest BCUT2D eigenvalue weighted by Crippen LogP contribution is 2.29. The molecule has 8 nitrogen and oxygen atoms in total. The number of aromatic hydroxyl groups is 1. The average molecular weight is 491 g/mol. The smallest absolute Gasteiger partial charge is 0.329 e. The van der Waals surface area contributed by atoms with E-state index in [0.29, 0.717) is 13.0 Å². The number of cyclic esters (lactones) is 1. The van der Waals surface area contributed by atoms with Crippen molar-refractivity contribution < 1.29 is 28.9 Å². The molecule has 1 fully saturated rings. The summed E-state index contributed by atoms with van der Waals surface area (Å²) in [7, 11) is 1.37. The van der Waals surface area contributed by atoms with Gasteiger partial charge in [0.15, 0.2) is 17.2 Å². The first kappa shape index (κ1) is 25.2. The number of ether oxygens (including phenoxy) is 3. The minimum absolute atomic E-state index is 0.0719. The van der Waals surface area contributed by atoms with Gasteiger partial charge in [0.05, 0.1) is 13.7 Å². The van der Waals surface area contributed by atoms with Crippen molar-refractivity contribution in [2.45, 2.75) is 31.9 Å². The van der Waals surface area contributed by atoms with Crippen LogP contribution in [0.5, 0.6) is 11.5 Å². The van der Waals surface area contributed by atoms with E-state index in [9.17, 15) is 14.7 Å². The molecule has 36 heavy (non-hydrogen) atoms. The Balaban J connectivity index is 1.46. The zero-order valence-corrected chi connectivity index (χ0v) is 20.3. The molecule has 188 valence electrons. The maximum Gasteiger partial charge on any atom is 0.329 e. The van der Waals surface area contributed by atoms with Crippen LogP contribution in [0.25, 0.3) is 11.1 Å². The van der Waals surface area contributed by atoms with Gasteiger partial charge in [0.2, 0.25) is 0 Å². The van der Waals surface area contributed by atoms with Crippen molar-refractivity contribution >= 4 is 11.9 Å². The van der Waals surface area contributed by atoms with Crippen LogP contribution in [0.2, 0.25) is 0 Å². The van der Waals surface area contributed by atoms with Gasteiger partial charge in [0.1, 0.15) is 12.1 Å². The summed E-state index contributed by atoms with van der Waals surface area (Å²) in [5.74, 6) is -1.60. The van der Waals surface area contributed by atoms with Crippen molar-refractivity contribution in [1.82, 2.24) is 10.3 Å². The molecule has 2 N–H and O–H groups in total. The Hall–Kier alpha value is -3.91. The zero-order chi connectivity index (χ0) is 25.5. The minimum Gasteiger partial charge on any atom is -0.503 e. The van der Waals surface area contributed by atoms with Crippen molar-refractivity contribution in [1.29, 1.82) is 0 Å². The first-order valence-electron chi connectivity index (χ1n) is 11.9. The van der Waals surface area contributed by atoms with E-state index < -0.39 is 29.8 Å². The fraction of sp³-hybridized carbons (Fsp3) is 0.321. The number of aromatic nitrogens is 1. The van der Waals surface area contributed by atoms with Gasteiger partial charge in [-0.3, -0.25) is 4.79 Å². The summed E-state index contributed by atoms with van der Waals surface area (Å²) in [4.78, 5) is 29.7. The predicted octanol–water partition coefficient (Wildman–Crippen LogP) is 3.77. The molecular weight excluding hydrogens is 460 g/mol. The summed E-state index contributed by atoms with van der Waals surface area (Å²) in [5, 5.41) is 12.8. The number of carbonyl (C=O) groups is 2. The molecule has 4 rings (SSSR count). The van der Waals surface area contributed by atoms with E-state index in [0.717, 1.165) is 16.7 Å². The van der Waals surface area contributed by atoms with Gasteiger partial charge in [-0.1, -0.05) is 54.6 Å². The maximum absolute atomic E-state index is 13.0. The third kappa shape index (κ3) is 5.83. The summed E-state index contributed by atoms with van der Waals surface area (Å²) in [6.07, 6.45) is 1.80. The molecule has 8 heteroatoms. The third-order valence-electron chi connectivity index (χ3n) is 6.35. The fourth-order valence-electron chi connectivity index (χ4n) is 4.28. The van der Waals surface area contributed by atoms with Crippen molar-refractivity contribution in [3.05, 3.63) is 78.1 Å². The van der Waals surface area contributed by atoms with Gasteiger partial charge in [-0.2, -0.15) is 0 Å². The molecule has 3 atom stereocenters. The number of hydrogen-bond donors (Lipinski definition) is 2. The van der Waals surface area contributed by atoms with Crippen molar-refractivity contribution in [3.63, 3.8) is 0 Å². The van der Waals surface area contributed by atoms with Crippen molar-refractivity contribution in [2.24, 2.45) is 5.92 Å². The molecule has 3 aromatic rings. The molecule has 1 aromatic heterocycles. The van der Waals surface area contributed by atoms with Crippen LogP contribution in [0.4, 0.5) is 0 Å². The van der Waals surface area contributed by atoms with Crippen molar-refractivity contribution in [2.75, 3.05) is 20.3 Å². The van der Waals surface area contributed by atoms with E-state index in [2.05, 4.69) is 34.6 Å². The number of esters is 1. The fourth-order valence-corrected chi connectivity index (χ4v) is 4.28. The second-order valence-corrected chi connectivity index (χ2v) is 8.73. The van der Waals surface area contributed by atoms with Gasteiger partial charge >= 0.3 is 5.97 Å². The maximum atomic E-state index is 13.0. The number of carbonyl (C=O) groups excluding carboxylic acids is 2. The van der Waals surface area contributed by atoms with Crippen LogP contribution in [0.1, 0.15) is 29.4 Å². The van der Waals surface area contributed by atoms with Crippen LogP contribution >= 0.6 is 0 Å². The highest BCUT2D eigenvalue weighted by molar-refractivity contribution is 5.97. The van der Waals surface area contributed by atoms with Crippen LogP contribution in [0, 0.1) is 5.92 Å². The Kier molecular flexibility index (Phi) is 8.17. The van der Waals surface area contributed by atoms with Crippen molar-refractivity contribution in [3.8, 4) is 22.6 Å². The number of benzene rings is 2. The number of pyridine rings is 1. The Morgan fingerprint density at radius 2 is 1.89 bits per heavy atom. The number of methoxy groups -OCH3 is 1. The van der Waals surface area contributed by atoms with Crippen LogP contribution in [-0.2, 0) is 20.7 Å². The number of rotatable bonds is 6. The van der Waals surface area contributed by atoms with Gasteiger partial charge < -0.3 is 24.6 Å². The third-order valence-corrected chi connectivity index (χ3v) is 6.35. The average Bonchev–Trinajstić information content (AvgIpc) is 2.95. The molecule has 1 aliphatic heterocycles. The van der Waals surface area contributed by atoms with Crippen LogP contribution in [0.3, 0.4) is 0 Å². The lowest BCUT2D eigenvalue weighted by molar-refractivity contribution is -0.153. The monoisotopic (exact) mass is 490 g/mol. The molecule has 2 heterocycles. The molecule has 1 saturated heterocycles. The summed E-state index contributed by atoms with van der Waals surface area (Å²) in [6, 6.07) is 18.8. The Morgan fingerprint density at radius 3 is 2.67 bits per heavy atom. The molecule has 0 saturated carbocycles. The number of nitrogens with zero attached hydrogens (tertiary/aromatic N) is 1. The molecule has 1 amide bonds. The minimum atomic E-state index is -0.942. The van der Waals surface area contributed by atoms with E-state index in [1.807, 2.05) is 37.3 Å². The number of hydrogen-bond acceptors (Lipinski definition) is 7. The number of nitrogens with one attached hydrogen (secondary N) is 1. The highest BCUT2D eigenvalue weighted by atomic mass is 16.5. The van der Waals surface area contributed by atoms with Gasteiger partial charge in [-0.25, -0.2) is 9.78 Å². The molecule has 0 aliphatic carbocycles. The largest absolute Gasteiger partial charge is 0.503 e. The standard InChI is InChI=1S/C28H30N2O6/c1-18-21(16-20-10-6-7-11-22(20)19-8-4-3-5-9-19)17-35-15-13-23(28(33)36-18)30-27(32)25-26(31)24(34-2)12-14-29-25/h3-12,14,18,21,23,31H,13,15-17H2,1-2H3,(H,30,32)/t18-,21+,23-/m0/s1. The Bertz CT molecular complexity index is 1200. The Morgan fingerprint density at radius 1 is 1.14 bits per heavy atom. The van der Waals surface area contributed by atoms with Crippen LogP contribution in [-0.4, -0.2) is 54.4 Å². The zero-order valence-electron chi connectivity index (χ0n) is 20.3. The lowest BCUT2D eigenvalue weighted by atomic mass is 9.90. The van der Waals surface area contributed by atoms with E-state index in [1.165, 1.54) is 19.4 Å². The topological polar surface area (TPSA) is 107 Å². The highest BCUT2D eigenvalue weighted by Gasteiger charge is 2.31. The lowest BCUT2D eigenvalue weighted by Gasteiger charge is -2.25. The van der Waals surface area contributed by atoms with Gasteiger partial charge in [0, 0.05) is 31.2 Å². The van der Waals surface area contributed by atoms with Crippen LogP contribution < -0.4 is 10.1 Å². The predicted molar refractivity (Wildman–Crippen MR) is 134 cm³/mol. The van der Waals surface area contributed by atoms with Crippen LogP contribution in [0.15, 0.2) is 66.9 Å². The summed E-state index contributed by atoms with van der Waals surface area (Å²) in [5.41, 5.74) is 3.17. The first-order chi connectivity index (χ1) is 17.5. The second-order valence-electron chi connectivity index (χ2n) is 8.73. The molecule has 1 aliphatic rings. The Labute approximate surface area is 210 Å². The second kappa shape index (κ2) is 11.7. The lowest BCUT2D eigenvalue weighted by Crippen LogP contribution is -2.43. The van der Waals surface area contributed by atoms with E-state index in [4.69, 9.17) is 14.2 Å². The van der Waals surface area contributed by atoms with E-state index in [1.54, 1.807) is 0 Å². The molecule has 2 aromatic carbocycles. The summed E-state index contributed by atoms with van der Waals surface area (Å²) >= 11 is 0. The molecule has 0 bridgehead atoms. The van der Waals surface area contributed by atoms with E-state index in [-0.39, 0.29) is 30.4 Å². The quantitative estimate of drug-likeness (QED) is 0.507. The molecule has 0 spiro atoms. The van der Waals surface area contributed by atoms with Gasteiger partial charge in [-0.15, -0.1) is 0 Å². The molecule has 0 radical (unpaired) electrons. The van der Waals surface area contributed by atoms with Gasteiger partial charge in [0.25, 0.3) is 5.91 Å². The van der Waals surface area contributed by atoms with E-state index >= 15 is 0 Å². The van der Waals surface area contributed by atoms with Gasteiger partial charge in [-0.05, 0) is 30.0 Å². The normalized spacial score (nSPS) is 20.4. The summed E-state index contributed by atoms with van der Waals surface area (Å²) in [6.45, 7) is 2.52. The first-order valence-corrected chi connectivity index (χ1v) is 11.9. The number of amides is 1. The molecule has 0 unspecified atom stereocenters.